The molecule has 0 radical (unpaired) electrons. The van der Waals surface area contributed by atoms with E-state index in [1.54, 1.807) is 0 Å². The Hall–Kier alpha value is -0.0900. The Kier molecular flexibility index (Phi) is 7.91. The molecule has 0 spiro atoms. The van der Waals surface area contributed by atoms with E-state index >= 15 is 0 Å². The minimum atomic E-state index is -2.71. The first-order valence-electron chi connectivity index (χ1n) is 7.57. The van der Waals surface area contributed by atoms with Gasteiger partial charge in [0.15, 0.2) is 9.84 Å². The van der Waals surface area contributed by atoms with Gasteiger partial charge >= 0.3 is 0 Å². The summed E-state index contributed by atoms with van der Waals surface area (Å²) in [6.07, 6.45) is 10.7. The lowest BCUT2D eigenvalue weighted by Crippen LogP contribution is -2.40. The van der Waals surface area contributed by atoms with Gasteiger partial charge in [0.1, 0.15) is 0 Å². The average Bonchev–Trinajstić information content (AvgIpc) is 2.34. The molecule has 1 heterocycles. The highest BCUT2D eigenvalue weighted by atomic mass is 32.2. The zero-order valence-electron chi connectivity index (χ0n) is 11.9. The molecular formula is C14H29NO2S. The lowest BCUT2D eigenvalue weighted by Gasteiger charge is -2.26. The Labute approximate surface area is 113 Å². The van der Waals surface area contributed by atoms with Crippen LogP contribution in [0.15, 0.2) is 0 Å². The number of hydrogen-bond acceptors (Lipinski definition) is 3. The van der Waals surface area contributed by atoms with Crippen LogP contribution in [0.25, 0.3) is 0 Å². The van der Waals surface area contributed by atoms with Crippen molar-refractivity contribution in [2.45, 2.75) is 58.3 Å². The third-order valence-electron chi connectivity index (χ3n) is 3.76. The Morgan fingerprint density at radius 2 is 1.33 bits per heavy atom. The van der Waals surface area contributed by atoms with Gasteiger partial charge in [-0.15, -0.1) is 0 Å². The lowest BCUT2D eigenvalue weighted by molar-refractivity contribution is 0.287. The SMILES string of the molecule is CCCCCCCCCCN1CCS(=O)(=O)CC1. The predicted octanol–water partition coefficient (Wildman–Crippen LogP) is 2.86. The summed E-state index contributed by atoms with van der Waals surface area (Å²) in [6, 6.07) is 0. The number of nitrogens with zero attached hydrogens (tertiary/aromatic N) is 1. The van der Waals surface area contributed by atoms with Crippen molar-refractivity contribution in [2.24, 2.45) is 0 Å². The van der Waals surface area contributed by atoms with Crippen molar-refractivity contribution < 1.29 is 8.42 Å². The second-order valence-corrected chi connectivity index (χ2v) is 7.77. The Morgan fingerprint density at radius 1 is 0.833 bits per heavy atom. The van der Waals surface area contributed by atoms with E-state index in [9.17, 15) is 8.42 Å². The zero-order chi connectivity index (χ0) is 13.3. The van der Waals surface area contributed by atoms with Crippen molar-refractivity contribution in [2.75, 3.05) is 31.1 Å². The molecule has 1 rings (SSSR count). The summed E-state index contributed by atoms with van der Waals surface area (Å²) in [5, 5.41) is 0. The van der Waals surface area contributed by atoms with E-state index in [-0.39, 0.29) is 0 Å². The highest BCUT2D eigenvalue weighted by Gasteiger charge is 2.20. The van der Waals surface area contributed by atoms with E-state index in [2.05, 4.69) is 11.8 Å². The Bertz CT molecular complexity index is 287. The zero-order valence-corrected chi connectivity index (χ0v) is 12.7. The topological polar surface area (TPSA) is 37.4 Å². The van der Waals surface area contributed by atoms with Gasteiger partial charge in [-0.3, -0.25) is 0 Å². The highest BCUT2D eigenvalue weighted by Crippen LogP contribution is 2.10. The second kappa shape index (κ2) is 8.92. The molecule has 0 aliphatic carbocycles. The third-order valence-corrected chi connectivity index (χ3v) is 5.37. The molecule has 0 aromatic heterocycles. The molecule has 1 aliphatic rings. The molecule has 3 nitrogen and oxygen atoms in total. The van der Waals surface area contributed by atoms with E-state index in [0.29, 0.717) is 11.5 Å². The molecule has 18 heavy (non-hydrogen) atoms. The van der Waals surface area contributed by atoms with Crippen LogP contribution in [-0.2, 0) is 9.84 Å². The van der Waals surface area contributed by atoms with Crippen molar-refractivity contribution in [3.63, 3.8) is 0 Å². The van der Waals surface area contributed by atoms with Crippen LogP contribution in [0.2, 0.25) is 0 Å². The van der Waals surface area contributed by atoms with E-state index in [4.69, 9.17) is 0 Å². The molecule has 0 atom stereocenters. The third kappa shape index (κ3) is 7.37. The number of sulfone groups is 1. The first-order valence-corrected chi connectivity index (χ1v) is 9.39. The van der Waals surface area contributed by atoms with Gasteiger partial charge in [-0.05, 0) is 13.0 Å². The molecule has 0 N–H and O–H groups in total. The first kappa shape index (κ1) is 16.0. The smallest absolute Gasteiger partial charge is 0.152 e. The van der Waals surface area contributed by atoms with Gasteiger partial charge in [0.25, 0.3) is 0 Å². The standard InChI is InChI=1S/C14H29NO2S/c1-2-3-4-5-6-7-8-9-10-15-11-13-18(16,17)14-12-15/h2-14H2,1H3. The Morgan fingerprint density at radius 3 is 1.89 bits per heavy atom. The van der Waals surface area contributed by atoms with Crippen molar-refractivity contribution >= 4 is 9.84 Å². The van der Waals surface area contributed by atoms with E-state index in [0.717, 1.165) is 19.6 Å². The fourth-order valence-electron chi connectivity index (χ4n) is 2.44. The second-order valence-electron chi connectivity index (χ2n) is 5.47. The maximum absolute atomic E-state index is 11.3. The van der Waals surface area contributed by atoms with E-state index < -0.39 is 9.84 Å². The minimum absolute atomic E-state index is 0.365. The van der Waals surface area contributed by atoms with Crippen LogP contribution in [0.1, 0.15) is 58.3 Å². The van der Waals surface area contributed by atoms with Crippen LogP contribution < -0.4 is 0 Å². The molecule has 4 heteroatoms. The number of hydrogen-bond donors (Lipinski definition) is 0. The highest BCUT2D eigenvalue weighted by molar-refractivity contribution is 7.91. The van der Waals surface area contributed by atoms with Gasteiger partial charge in [-0.2, -0.15) is 0 Å². The van der Waals surface area contributed by atoms with E-state index in [1.807, 2.05) is 0 Å². The monoisotopic (exact) mass is 275 g/mol. The van der Waals surface area contributed by atoms with Gasteiger partial charge in [0.2, 0.25) is 0 Å². The quantitative estimate of drug-likeness (QED) is 0.607. The normalized spacial score (nSPS) is 20.1. The van der Waals surface area contributed by atoms with Crippen LogP contribution in [0.3, 0.4) is 0 Å². The first-order chi connectivity index (χ1) is 8.64. The van der Waals surface area contributed by atoms with E-state index in [1.165, 1.54) is 51.4 Å². The average molecular weight is 275 g/mol. The van der Waals surface area contributed by atoms with Gasteiger partial charge in [0.05, 0.1) is 11.5 Å². The molecule has 0 unspecified atom stereocenters. The van der Waals surface area contributed by atoms with Crippen LogP contribution >= 0.6 is 0 Å². The lowest BCUT2D eigenvalue weighted by atomic mass is 10.1. The van der Waals surface area contributed by atoms with Crippen LogP contribution in [-0.4, -0.2) is 44.5 Å². The predicted molar refractivity (Wildman–Crippen MR) is 77.7 cm³/mol. The fourth-order valence-corrected chi connectivity index (χ4v) is 3.72. The minimum Gasteiger partial charge on any atom is -0.301 e. The van der Waals surface area contributed by atoms with Gasteiger partial charge in [-0.1, -0.05) is 51.9 Å². The molecule has 0 aromatic carbocycles. The summed E-state index contributed by atoms with van der Waals surface area (Å²) in [5.41, 5.74) is 0. The maximum atomic E-state index is 11.3. The summed E-state index contributed by atoms with van der Waals surface area (Å²) >= 11 is 0. The van der Waals surface area contributed by atoms with Crippen LogP contribution in [0, 0.1) is 0 Å². The van der Waals surface area contributed by atoms with Gasteiger partial charge in [0, 0.05) is 13.1 Å². The maximum Gasteiger partial charge on any atom is 0.152 e. The fraction of sp³-hybridized carbons (Fsp3) is 1.00. The molecule has 0 aromatic rings. The summed E-state index contributed by atoms with van der Waals surface area (Å²) < 4.78 is 22.5. The summed E-state index contributed by atoms with van der Waals surface area (Å²) in [7, 11) is -2.71. The van der Waals surface area contributed by atoms with Gasteiger partial charge < -0.3 is 4.90 Å². The van der Waals surface area contributed by atoms with Crippen LogP contribution in [0.5, 0.6) is 0 Å². The molecule has 1 fully saturated rings. The largest absolute Gasteiger partial charge is 0.301 e. The van der Waals surface area contributed by atoms with Crippen molar-refractivity contribution in [3.8, 4) is 0 Å². The van der Waals surface area contributed by atoms with Crippen molar-refractivity contribution in [3.05, 3.63) is 0 Å². The van der Waals surface area contributed by atoms with Gasteiger partial charge in [-0.25, -0.2) is 8.42 Å². The number of rotatable bonds is 9. The molecule has 108 valence electrons. The summed E-state index contributed by atoms with van der Waals surface area (Å²) in [6.45, 7) is 4.83. The molecule has 1 aliphatic heterocycles. The molecular weight excluding hydrogens is 246 g/mol. The Balaban J connectivity index is 1.90. The number of unbranched alkanes of at least 4 members (excludes halogenated alkanes) is 7. The molecule has 0 bridgehead atoms. The summed E-state index contributed by atoms with van der Waals surface area (Å²) in [4.78, 5) is 2.30. The van der Waals surface area contributed by atoms with Crippen molar-refractivity contribution in [1.29, 1.82) is 0 Å². The molecule has 0 saturated carbocycles. The van der Waals surface area contributed by atoms with Crippen molar-refractivity contribution in [1.82, 2.24) is 4.90 Å². The van der Waals surface area contributed by atoms with Crippen LogP contribution in [0.4, 0.5) is 0 Å². The molecule has 0 amide bonds. The molecule has 1 saturated heterocycles. The summed E-state index contributed by atoms with van der Waals surface area (Å²) in [5.74, 6) is 0.730.